The number of piperidine rings is 1. The first kappa shape index (κ1) is 29.9. The summed E-state index contributed by atoms with van der Waals surface area (Å²) in [4.78, 5) is 51.6. The Labute approximate surface area is 247 Å². The molecular formula is C31H34N2O10. The summed E-state index contributed by atoms with van der Waals surface area (Å²) in [6.45, 7) is 2.00. The van der Waals surface area contributed by atoms with Gasteiger partial charge in [-0.15, -0.1) is 0 Å². The Kier molecular flexibility index (Phi) is 8.86. The second kappa shape index (κ2) is 12.7. The van der Waals surface area contributed by atoms with E-state index >= 15 is 0 Å². The molecule has 228 valence electrons. The molecule has 0 saturated carbocycles. The molecule has 5 rings (SSSR count). The number of methoxy groups -OCH3 is 3. The fourth-order valence-electron chi connectivity index (χ4n) is 6.04. The molecule has 2 aliphatic rings. The minimum Gasteiger partial charge on any atom is -0.502 e. The molecule has 1 N–H and O–H groups in total. The second-order valence-electron chi connectivity index (χ2n) is 10.8. The third kappa shape index (κ3) is 6.43. The average molecular weight is 595 g/mol. The quantitative estimate of drug-likeness (QED) is 0.345. The van der Waals surface area contributed by atoms with Crippen LogP contribution in [0.4, 0.5) is 0 Å². The number of rotatable bonds is 10. The number of benzene rings is 1. The van der Waals surface area contributed by atoms with Crippen LogP contribution in [-0.4, -0.2) is 67.5 Å². The number of ether oxygens (including phenoxy) is 4. The van der Waals surface area contributed by atoms with Crippen molar-refractivity contribution in [2.24, 2.45) is 5.92 Å². The monoisotopic (exact) mass is 594 g/mol. The van der Waals surface area contributed by atoms with Gasteiger partial charge >= 0.3 is 11.9 Å². The van der Waals surface area contributed by atoms with Crippen LogP contribution < -0.4 is 20.5 Å². The van der Waals surface area contributed by atoms with E-state index in [0.29, 0.717) is 37.5 Å². The lowest BCUT2D eigenvalue weighted by Crippen LogP contribution is -2.46. The molecule has 3 atom stereocenters. The number of hydrogen-bond donors (Lipinski definition) is 1. The Morgan fingerprint density at radius 2 is 1.79 bits per heavy atom. The molecule has 0 radical (unpaired) electrons. The van der Waals surface area contributed by atoms with Crippen LogP contribution in [-0.2, 0) is 32.2 Å². The fraction of sp³-hybridized carbons (Fsp3) is 0.419. The van der Waals surface area contributed by atoms with Crippen molar-refractivity contribution in [3.63, 3.8) is 0 Å². The van der Waals surface area contributed by atoms with E-state index in [4.69, 9.17) is 18.6 Å². The third-order valence-corrected chi connectivity index (χ3v) is 8.01. The number of fused-ring (bicyclic) bond motifs is 4. The number of aromatic nitrogens is 1. The molecule has 3 aromatic rings. The summed E-state index contributed by atoms with van der Waals surface area (Å²) >= 11 is 0. The maximum Gasteiger partial charge on any atom is 0.343 e. The molecule has 2 aliphatic heterocycles. The number of nitrogens with zero attached hydrogens (tertiary/aromatic N) is 2. The van der Waals surface area contributed by atoms with Crippen molar-refractivity contribution in [2.75, 3.05) is 41.0 Å². The van der Waals surface area contributed by atoms with Crippen LogP contribution in [0, 0.1) is 5.92 Å². The molecule has 2 bridgehead atoms. The Morgan fingerprint density at radius 1 is 1.00 bits per heavy atom. The minimum absolute atomic E-state index is 0.00570. The van der Waals surface area contributed by atoms with E-state index < -0.39 is 29.0 Å². The maximum atomic E-state index is 13.0. The highest BCUT2D eigenvalue weighted by Gasteiger charge is 2.35. The summed E-state index contributed by atoms with van der Waals surface area (Å²) in [6, 6.07) is 11.4. The van der Waals surface area contributed by atoms with Gasteiger partial charge in [-0.3, -0.25) is 19.3 Å². The zero-order chi connectivity index (χ0) is 30.7. The van der Waals surface area contributed by atoms with Crippen molar-refractivity contribution in [1.29, 1.82) is 0 Å². The molecule has 0 spiro atoms. The largest absolute Gasteiger partial charge is 0.502 e. The van der Waals surface area contributed by atoms with Crippen molar-refractivity contribution in [3.05, 3.63) is 85.8 Å². The number of aromatic hydroxyl groups is 1. The third-order valence-electron chi connectivity index (χ3n) is 8.01. The van der Waals surface area contributed by atoms with E-state index in [9.17, 15) is 24.3 Å². The van der Waals surface area contributed by atoms with Gasteiger partial charge in [0.25, 0.3) is 5.56 Å². The Bertz CT molecular complexity index is 1630. The number of pyridine rings is 1. The number of carbonyl (C=O) groups is 2. The zero-order valence-corrected chi connectivity index (χ0v) is 24.2. The molecular weight excluding hydrogens is 560 g/mol. The van der Waals surface area contributed by atoms with Crippen molar-refractivity contribution in [2.45, 2.75) is 37.8 Å². The van der Waals surface area contributed by atoms with Crippen LogP contribution in [0.2, 0.25) is 0 Å². The topological polar surface area (TPSA) is 147 Å². The number of likely N-dealkylation sites (tertiary alicyclic amines) is 1. The maximum absolute atomic E-state index is 13.0. The predicted octanol–water partition coefficient (Wildman–Crippen LogP) is 2.38. The van der Waals surface area contributed by atoms with Crippen LogP contribution in [0.25, 0.3) is 0 Å². The van der Waals surface area contributed by atoms with Gasteiger partial charge in [-0.1, -0.05) is 12.1 Å². The van der Waals surface area contributed by atoms with Gasteiger partial charge in [0.05, 0.1) is 40.2 Å². The van der Waals surface area contributed by atoms with Crippen LogP contribution >= 0.6 is 0 Å². The Hall–Kier alpha value is -4.58. The molecule has 12 heteroatoms. The van der Waals surface area contributed by atoms with Crippen LogP contribution in [0.15, 0.2) is 56.5 Å². The first-order valence-electron chi connectivity index (χ1n) is 13.9. The number of carbonyl (C=O) groups excluding carboxylic acids is 2. The predicted molar refractivity (Wildman–Crippen MR) is 152 cm³/mol. The van der Waals surface area contributed by atoms with Crippen LogP contribution in [0.5, 0.6) is 17.2 Å². The van der Waals surface area contributed by atoms with Crippen molar-refractivity contribution < 1.29 is 38.1 Å². The normalized spacial score (nSPS) is 18.3. The molecule has 1 aromatic carbocycles. The van der Waals surface area contributed by atoms with E-state index in [1.54, 1.807) is 30.3 Å². The van der Waals surface area contributed by atoms with E-state index in [1.807, 2.05) is 10.6 Å². The fourth-order valence-corrected chi connectivity index (χ4v) is 6.04. The highest BCUT2D eigenvalue weighted by atomic mass is 16.6. The standard InChI is InChI=1S/C31H34N2O10/c1-39-26-10-19(7-8-25(26)42-17-29(37)41-3)22(12-28(36)40-2)31-30(38)24(34)11-21(43-31)16-32-13-18-9-20(15-32)23-5-4-6-27(35)33(23)14-18/h4-8,10-11,18,20,22,38H,9,12-17H2,1-3H3/t18-,20+,22-/m0/s1. The molecule has 43 heavy (non-hydrogen) atoms. The summed E-state index contributed by atoms with van der Waals surface area (Å²) in [7, 11) is 3.91. The van der Waals surface area contributed by atoms with Gasteiger partial charge in [-0.05, 0) is 36.1 Å². The van der Waals surface area contributed by atoms with Crippen molar-refractivity contribution in [1.82, 2.24) is 9.47 Å². The summed E-state index contributed by atoms with van der Waals surface area (Å²) in [5.74, 6) is -1.45. The Morgan fingerprint density at radius 3 is 2.53 bits per heavy atom. The van der Waals surface area contributed by atoms with E-state index in [-0.39, 0.29) is 47.7 Å². The molecule has 4 heterocycles. The van der Waals surface area contributed by atoms with Gasteiger partial charge in [0.1, 0.15) is 5.76 Å². The molecule has 2 aromatic heterocycles. The summed E-state index contributed by atoms with van der Waals surface area (Å²) < 4.78 is 28.5. The van der Waals surface area contributed by atoms with Crippen LogP contribution in [0.1, 0.15) is 47.5 Å². The zero-order valence-electron chi connectivity index (χ0n) is 24.2. The highest BCUT2D eigenvalue weighted by Crippen LogP contribution is 2.39. The van der Waals surface area contributed by atoms with E-state index in [0.717, 1.165) is 12.1 Å². The summed E-state index contributed by atoms with van der Waals surface area (Å²) in [5, 5.41) is 10.9. The summed E-state index contributed by atoms with van der Waals surface area (Å²) in [6.07, 6.45) is 0.745. The summed E-state index contributed by atoms with van der Waals surface area (Å²) in [5.41, 5.74) is 0.863. The Balaban J connectivity index is 1.44. The van der Waals surface area contributed by atoms with Crippen molar-refractivity contribution in [3.8, 4) is 17.2 Å². The second-order valence-corrected chi connectivity index (χ2v) is 10.8. The molecule has 1 fully saturated rings. The van der Waals surface area contributed by atoms with Gasteiger partial charge in [0.2, 0.25) is 11.2 Å². The van der Waals surface area contributed by atoms with E-state index in [2.05, 4.69) is 9.64 Å². The molecule has 0 amide bonds. The van der Waals surface area contributed by atoms with Gasteiger partial charge < -0.3 is 33.0 Å². The molecule has 0 aliphatic carbocycles. The lowest BCUT2D eigenvalue weighted by molar-refractivity contribution is -0.143. The molecule has 1 saturated heterocycles. The van der Waals surface area contributed by atoms with Crippen molar-refractivity contribution >= 4 is 11.9 Å². The lowest BCUT2D eigenvalue weighted by atomic mass is 9.83. The van der Waals surface area contributed by atoms with Gasteiger partial charge in [-0.2, -0.15) is 0 Å². The molecule has 12 nitrogen and oxygen atoms in total. The average Bonchev–Trinajstić information content (AvgIpc) is 3.00. The van der Waals surface area contributed by atoms with Gasteiger partial charge in [0, 0.05) is 43.4 Å². The van der Waals surface area contributed by atoms with E-state index in [1.165, 1.54) is 27.4 Å². The van der Waals surface area contributed by atoms with Gasteiger partial charge in [-0.25, -0.2) is 4.79 Å². The highest BCUT2D eigenvalue weighted by molar-refractivity contribution is 5.72. The lowest BCUT2D eigenvalue weighted by Gasteiger charge is -2.42. The smallest absolute Gasteiger partial charge is 0.343 e. The first-order valence-corrected chi connectivity index (χ1v) is 13.9. The van der Waals surface area contributed by atoms with Gasteiger partial charge in [0.15, 0.2) is 23.9 Å². The molecule has 0 unspecified atom stereocenters. The number of hydrogen-bond acceptors (Lipinski definition) is 11. The van der Waals surface area contributed by atoms with Crippen LogP contribution in [0.3, 0.4) is 0 Å². The minimum atomic E-state index is -0.900. The number of esters is 2. The first-order chi connectivity index (χ1) is 20.7. The SMILES string of the molecule is COC(=O)COc1ccc([C@H](CC(=O)OC)c2oc(CN3C[C@@H]4C[C@H](C3)c3cccc(=O)n3C4)cc(=O)c2O)cc1OC.